The molecule has 0 fully saturated rings. The van der Waals surface area contributed by atoms with Crippen molar-refractivity contribution >= 4 is 17.5 Å². The highest BCUT2D eigenvalue weighted by Crippen LogP contribution is 2.36. The first kappa shape index (κ1) is 20.9. The number of amides is 1. The lowest BCUT2D eigenvalue weighted by Crippen LogP contribution is -2.39. The van der Waals surface area contributed by atoms with Crippen molar-refractivity contribution in [2.45, 2.75) is 19.4 Å². The third-order valence-corrected chi connectivity index (χ3v) is 4.17. The number of methoxy groups -OCH3 is 1. The van der Waals surface area contributed by atoms with Crippen molar-refractivity contribution in [2.24, 2.45) is 0 Å². The fourth-order valence-electron chi connectivity index (χ4n) is 2.51. The molecule has 0 radical (unpaired) electrons. The number of aliphatic hydroxyl groups is 1. The Morgan fingerprint density at radius 1 is 1.30 bits per heavy atom. The van der Waals surface area contributed by atoms with E-state index in [1.165, 1.54) is 26.2 Å². The van der Waals surface area contributed by atoms with Crippen LogP contribution < -0.4 is 14.8 Å². The van der Waals surface area contributed by atoms with Crippen molar-refractivity contribution < 1.29 is 28.2 Å². The highest BCUT2D eigenvalue weighted by atomic mass is 35.5. The van der Waals surface area contributed by atoms with Gasteiger partial charge in [0, 0.05) is 17.2 Å². The van der Waals surface area contributed by atoms with E-state index in [0.717, 1.165) is 12.1 Å². The van der Waals surface area contributed by atoms with Crippen molar-refractivity contribution in [1.29, 1.82) is 0 Å². The first-order valence-electron chi connectivity index (χ1n) is 8.16. The van der Waals surface area contributed by atoms with Crippen LogP contribution in [0.4, 0.5) is 8.78 Å². The lowest BCUT2D eigenvalue weighted by atomic mass is 9.95. The van der Waals surface area contributed by atoms with Gasteiger partial charge in [-0.2, -0.15) is 0 Å². The van der Waals surface area contributed by atoms with E-state index in [4.69, 9.17) is 21.1 Å². The SMILES string of the molecule is CCOc1c(Cl)cc(C(=O)NCC(C)(O)c2ccc(F)cc2F)cc1OC. The van der Waals surface area contributed by atoms with Crippen LogP contribution >= 0.6 is 11.6 Å². The molecule has 0 aliphatic carbocycles. The fourth-order valence-corrected chi connectivity index (χ4v) is 2.78. The number of rotatable bonds is 7. The van der Waals surface area contributed by atoms with Crippen LogP contribution in [0, 0.1) is 11.6 Å². The van der Waals surface area contributed by atoms with Gasteiger partial charge in [-0.25, -0.2) is 8.78 Å². The average molecular weight is 400 g/mol. The predicted octanol–water partition coefficient (Wildman–Crippen LogP) is 3.66. The Kier molecular flexibility index (Phi) is 6.62. The van der Waals surface area contributed by atoms with E-state index in [0.29, 0.717) is 18.4 Å². The van der Waals surface area contributed by atoms with Crippen LogP contribution in [0.5, 0.6) is 11.5 Å². The lowest BCUT2D eigenvalue weighted by Gasteiger charge is -2.25. The van der Waals surface area contributed by atoms with Crippen molar-refractivity contribution in [1.82, 2.24) is 5.32 Å². The van der Waals surface area contributed by atoms with Gasteiger partial charge in [0.25, 0.3) is 5.91 Å². The molecule has 0 aliphatic heterocycles. The number of carbonyl (C=O) groups is 1. The molecule has 0 saturated carbocycles. The third-order valence-electron chi connectivity index (χ3n) is 3.88. The number of hydrogen-bond donors (Lipinski definition) is 2. The quantitative estimate of drug-likeness (QED) is 0.745. The molecule has 146 valence electrons. The molecule has 1 amide bonds. The van der Waals surface area contributed by atoms with Gasteiger partial charge in [-0.05, 0) is 32.0 Å². The Labute approximate surface area is 160 Å². The molecule has 2 rings (SSSR count). The second kappa shape index (κ2) is 8.54. The predicted molar refractivity (Wildman–Crippen MR) is 97.4 cm³/mol. The minimum absolute atomic E-state index is 0.133. The molecule has 27 heavy (non-hydrogen) atoms. The van der Waals surface area contributed by atoms with Gasteiger partial charge < -0.3 is 19.9 Å². The molecule has 0 bridgehead atoms. The van der Waals surface area contributed by atoms with Crippen LogP contribution in [0.2, 0.25) is 5.02 Å². The van der Waals surface area contributed by atoms with Crippen molar-refractivity contribution in [3.63, 3.8) is 0 Å². The van der Waals surface area contributed by atoms with Gasteiger partial charge in [-0.3, -0.25) is 4.79 Å². The summed E-state index contributed by atoms with van der Waals surface area (Å²) in [7, 11) is 1.41. The van der Waals surface area contributed by atoms with E-state index in [2.05, 4.69) is 5.32 Å². The number of benzene rings is 2. The van der Waals surface area contributed by atoms with E-state index in [9.17, 15) is 18.7 Å². The highest BCUT2D eigenvalue weighted by molar-refractivity contribution is 6.32. The smallest absolute Gasteiger partial charge is 0.251 e. The van der Waals surface area contributed by atoms with Crippen molar-refractivity contribution in [3.8, 4) is 11.5 Å². The molecule has 5 nitrogen and oxygen atoms in total. The molecule has 2 N–H and O–H groups in total. The number of halogens is 3. The molecule has 2 aromatic rings. The summed E-state index contributed by atoms with van der Waals surface area (Å²) >= 11 is 6.14. The van der Waals surface area contributed by atoms with E-state index in [1.807, 2.05) is 0 Å². The maximum absolute atomic E-state index is 13.9. The zero-order valence-electron chi connectivity index (χ0n) is 15.1. The molecule has 0 heterocycles. The van der Waals surface area contributed by atoms with Crippen LogP contribution in [0.1, 0.15) is 29.8 Å². The zero-order chi connectivity index (χ0) is 20.2. The highest BCUT2D eigenvalue weighted by Gasteiger charge is 2.28. The van der Waals surface area contributed by atoms with E-state index in [1.54, 1.807) is 6.92 Å². The summed E-state index contributed by atoms with van der Waals surface area (Å²) in [4.78, 5) is 12.4. The largest absolute Gasteiger partial charge is 0.493 e. The Hall–Kier alpha value is -2.38. The molecule has 0 saturated heterocycles. The van der Waals surface area contributed by atoms with E-state index < -0.39 is 23.1 Å². The summed E-state index contributed by atoms with van der Waals surface area (Å²) < 4.78 is 37.5. The van der Waals surface area contributed by atoms with E-state index >= 15 is 0 Å². The number of carbonyl (C=O) groups excluding carboxylic acids is 1. The van der Waals surface area contributed by atoms with E-state index in [-0.39, 0.29) is 28.4 Å². The maximum Gasteiger partial charge on any atom is 0.251 e. The van der Waals surface area contributed by atoms with Crippen molar-refractivity contribution in [2.75, 3.05) is 20.3 Å². The number of ether oxygens (including phenoxy) is 2. The lowest BCUT2D eigenvalue weighted by molar-refractivity contribution is 0.0494. The summed E-state index contributed by atoms with van der Waals surface area (Å²) in [5.74, 6) is -1.61. The molecule has 1 unspecified atom stereocenters. The van der Waals surface area contributed by atoms with Gasteiger partial charge in [0.05, 0.1) is 25.3 Å². The Morgan fingerprint density at radius 3 is 2.59 bits per heavy atom. The summed E-state index contributed by atoms with van der Waals surface area (Å²) in [5.41, 5.74) is -1.70. The maximum atomic E-state index is 13.9. The number of nitrogens with one attached hydrogen (secondary N) is 1. The molecular weight excluding hydrogens is 380 g/mol. The summed E-state index contributed by atoms with van der Waals surface area (Å²) in [6.07, 6.45) is 0. The molecular formula is C19H20ClF2NO4. The standard InChI is InChI=1S/C19H20ClF2NO4/c1-4-27-17-14(20)7-11(8-16(17)26-3)18(24)23-10-19(2,25)13-6-5-12(21)9-15(13)22/h5-9,25H,4,10H2,1-3H3,(H,23,24). The molecule has 0 aromatic heterocycles. The van der Waals surface area contributed by atoms with Gasteiger partial charge in [0.15, 0.2) is 11.5 Å². The normalized spacial score (nSPS) is 13.0. The Bertz CT molecular complexity index is 843. The van der Waals surface area contributed by atoms with Crippen LogP contribution in [0.25, 0.3) is 0 Å². The first-order valence-corrected chi connectivity index (χ1v) is 8.53. The van der Waals surface area contributed by atoms with Gasteiger partial charge in [0.1, 0.15) is 17.2 Å². The second-order valence-corrected chi connectivity index (χ2v) is 6.41. The summed E-state index contributed by atoms with van der Waals surface area (Å²) in [6.45, 7) is 3.16. The van der Waals surface area contributed by atoms with Gasteiger partial charge in [-0.15, -0.1) is 0 Å². The summed E-state index contributed by atoms with van der Waals surface area (Å²) in [6, 6.07) is 5.68. The first-order chi connectivity index (χ1) is 12.7. The van der Waals surface area contributed by atoms with Crippen molar-refractivity contribution in [3.05, 3.63) is 58.1 Å². The average Bonchev–Trinajstić information content (AvgIpc) is 2.61. The van der Waals surface area contributed by atoms with Gasteiger partial charge in [0.2, 0.25) is 0 Å². The Balaban J connectivity index is 2.18. The van der Waals surface area contributed by atoms with Crippen LogP contribution in [-0.2, 0) is 5.60 Å². The molecule has 2 aromatic carbocycles. The third kappa shape index (κ3) is 4.87. The molecule has 1 atom stereocenters. The van der Waals surface area contributed by atoms with Gasteiger partial charge >= 0.3 is 0 Å². The fraction of sp³-hybridized carbons (Fsp3) is 0.316. The van der Waals surface area contributed by atoms with Crippen LogP contribution in [0.15, 0.2) is 30.3 Å². The minimum Gasteiger partial charge on any atom is -0.493 e. The number of hydrogen-bond acceptors (Lipinski definition) is 4. The molecule has 0 aliphatic rings. The Morgan fingerprint density at radius 2 is 2.00 bits per heavy atom. The second-order valence-electron chi connectivity index (χ2n) is 6.00. The molecule has 0 spiro atoms. The topological polar surface area (TPSA) is 67.8 Å². The molecule has 8 heteroatoms. The summed E-state index contributed by atoms with van der Waals surface area (Å²) in [5, 5.41) is 13.2. The van der Waals surface area contributed by atoms with Crippen LogP contribution in [-0.4, -0.2) is 31.3 Å². The monoisotopic (exact) mass is 399 g/mol. The van der Waals surface area contributed by atoms with Gasteiger partial charge in [-0.1, -0.05) is 17.7 Å². The minimum atomic E-state index is -1.74. The zero-order valence-corrected chi connectivity index (χ0v) is 15.9. The van der Waals surface area contributed by atoms with Crippen LogP contribution in [0.3, 0.4) is 0 Å².